The molecule has 0 fully saturated rings. The SMILES string of the molecule is CCC/C=C/N(C)C(CCC(N)=O)C(=O)O. The topological polar surface area (TPSA) is 83.6 Å². The Morgan fingerprint density at radius 3 is 2.56 bits per heavy atom. The number of hydrogen-bond donors (Lipinski definition) is 2. The van der Waals surface area contributed by atoms with E-state index in [1.807, 2.05) is 13.0 Å². The van der Waals surface area contributed by atoms with E-state index in [2.05, 4.69) is 0 Å². The number of allylic oxidation sites excluding steroid dienone is 1. The van der Waals surface area contributed by atoms with Crippen LogP contribution in [-0.2, 0) is 9.59 Å². The van der Waals surface area contributed by atoms with Crippen LogP contribution >= 0.6 is 0 Å². The van der Waals surface area contributed by atoms with Gasteiger partial charge in [-0.1, -0.05) is 19.4 Å². The lowest BCUT2D eigenvalue weighted by Gasteiger charge is -2.22. The molecule has 1 amide bonds. The van der Waals surface area contributed by atoms with Gasteiger partial charge < -0.3 is 15.7 Å². The second kappa shape index (κ2) is 7.73. The van der Waals surface area contributed by atoms with Gasteiger partial charge in [-0.15, -0.1) is 0 Å². The zero-order chi connectivity index (χ0) is 12.6. The van der Waals surface area contributed by atoms with Crippen molar-refractivity contribution in [2.24, 2.45) is 5.73 Å². The second-order valence-corrected chi connectivity index (χ2v) is 3.70. The Hall–Kier alpha value is -1.52. The Labute approximate surface area is 95.9 Å². The second-order valence-electron chi connectivity index (χ2n) is 3.70. The van der Waals surface area contributed by atoms with E-state index in [1.165, 1.54) is 0 Å². The normalized spacial score (nSPS) is 12.6. The van der Waals surface area contributed by atoms with Crippen LogP contribution in [-0.4, -0.2) is 35.0 Å². The molecule has 0 bridgehead atoms. The Morgan fingerprint density at radius 2 is 2.12 bits per heavy atom. The molecule has 92 valence electrons. The first-order valence-electron chi connectivity index (χ1n) is 5.38. The van der Waals surface area contributed by atoms with Crippen molar-refractivity contribution in [3.63, 3.8) is 0 Å². The first-order chi connectivity index (χ1) is 7.49. The average Bonchev–Trinajstić information content (AvgIpc) is 2.17. The van der Waals surface area contributed by atoms with Crippen LogP contribution in [0, 0.1) is 0 Å². The summed E-state index contributed by atoms with van der Waals surface area (Å²) >= 11 is 0. The van der Waals surface area contributed by atoms with Gasteiger partial charge in [0.25, 0.3) is 0 Å². The van der Waals surface area contributed by atoms with Crippen molar-refractivity contribution in [2.75, 3.05) is 7.05 Å². The first kappa shape index (κ1) is 14.5. The van der Waals surface area contributed by atoms with Crippen LogP contribution < -0.4 is 5.73 Å². The van der Waals surface area contributed by atoms with Crippen LogP contribution in [0.2, 0.25) is 0 Å². The molecule has 0 aromatic heterocycles. The minimum Gasteiger partial charge on any atom is -0.480 e. The molecule has 0 saturated carbocycles. The number of amides is 1. The molecule has 0 saturated heterocycles. The first-order valence-corrected chi connectivity index (χ1v) is 5.38. The third kappa shape index (κ3) is 6.06. The molecule has 1 unspecified atom stereocenters. The molecule has 0 rings (SSSR count). The van der Waals surface area contributed by atoms with Gasteiger partial charge in [0.2, 0.25) is 5.91 Å². The highest BCUT2D eigenvalue weighted by molar-refractivity contribution is 5.77. The van der Waals surface area contributed by atoms with Crippen LogP contribution in [0.1, 0.15) is 32.6 Å². The van der Waals surface area contributed by atoms with Gasteiger partial charge in [-0.05, 0) is 19.0 Å². The number of unbranched alkanes of at least 4 members (excludes halogenated alkanes) is 1. The summed E-state index contributed by atoms with van der Waals surface area (Å²) in [5.74, 6) is -1.41. The molecule has 5 heteroatoms. The van der Waals surface area contributed by atoms with E-state index < -0.39 is 17.9 Å². The van der Waals surface area contributed by atoms with Crippen LogP contribution in [0.5, 0.6) is 0 Å². The van der Waals surface area contributed by atoms with Gasteiger partial charge in [0.05, 0.1) is 0 Å². The van der Waals surface area contributed by atoms with Crippen LogP contribution in [0.3, 0.4) is 0 Å². The predicted molar refractivity (Wildman–Crippen MR) is 61.7 cm³/mol. The monoisotopic (exact) mass is 228 g/mol. The highest BCUT2D eigenvalue weighted by atomic mass is 16.4. The number of nitrogens with zero attached hydrogens (tertiary/aromatic N) is 1. The van der Waals surface area contributed by atoms with Gasteiger partial charge in [0.15, 0.2) is 0 Å². The van der Waals surface area contributed by atoms with Crippen molar-refractivity contribution in [1.82, 2.24) is 4.90 Å². The molecule has 16 heavy (non-hydrogen) atoms. The molecule has 0 aliphatic carbocycles. The Morgan fingerprint density at radius 1 is 1.50 bits per heavy atom. The summed E-state index contributed by atoms with van der Waals surface area (Å²) in [6.45, 7) is 2.05. The van der Waals surface area contributed by atoms with E-state index in [0.717, 1.165) is 12.8 Å². The number of carboxylic acids is 1. The Kier molecular flexibility index (Phi) is 7.00. The number of aliphatic carboxylic acids is 1. The number of carbonyl (C=O) groups excluding carboxylic acids is 1. The summed E-state index contributed by atoms with van der Waals surface area (Å²) in [7, 11) is 1.69. The lowest BCUT2D eigenvalue weighted by atomic mass is 10.1. The number of carbonyl (C=O) groups is 2. The van der Waals surface area contributed by atoms with Crippen molar-refractivity contribution in [3.05, 3.63) is 12.3 Å². The van der Waals surface area contributed by atoms with Crippen LogP contribution in [0.15, 0.2) is 12.3 Å². The summed E-state index contributed by atoms with van der Waals surface area (Å²) in [4.78, 5) is 23.2. The minimum absolute atomic E-state index is 0.0862. The molecule has 0 aromatic rings. The number of primary amides is 1. The molecule has 1 atom stereocenters. The zero-order valence-electron chi connectivity index (χ0n) is 9.85. The van der Waals surface area contributed by atoms with Gasteiger partial charge in [0.1, 0.15) is 6.04 Å². The van der Waals surface area contributed by atoms with E-state index in [4.69, 9.17) is 10.8 Å². The van der Waals surface area contributed by atoms with Gasteiger partial charge in [-0.2, -0.15) is 0 Å². The standard InChI is InChI=1S/C11H20N2O3/c1-3-4-5-8-13(2)9(11(15)16)6-7-10(12)14/h5,8-9H,3-4,6-7H2,1-2H3,(H2,12,14)(H,15,16)/b8-5+. The average molecular weight is 228 g/mol. The number of nitrogens with two attached hydrogens (primary N) is 1. The smallest absolute Gasteiger partial charge is 0.326 e. The quantitative estimate of drug-likeness (QED) is 0.648. The van der Waals surface area contributed by atoms with Crippen molar-refractivity contribution in [2.45, 2.75) is 38.6 Å². The van der Waals surface area contributed by atoms with E-state index in [-0.39, 0.29) is 12.8 Å². The largest absolute Gasteiger partial charge is 0.480 e. The van der Waals surface area contributed by atoms with E-state index in [1.54, 1.807) is 18.1 Å². The summed E-state index contributed by atoms with van der Waals surface area (Å²) in [6.07, 6.45) is 5.90. The fourth-order valence-electron chi connectivity index (χ4n) is 1.29. The van der Waals surface area contributed by atoms with E-state index in [9.17, 15) is 9.59 Å². The zero-order valence-corrected chi connectivity index (χ0v) is 9.85. The van der Waals surface area contributed by atoms with Gasteiger partial charge in [-0.25, -0.2) is 4.79 Å². The minimum atomic E-state index is -0.940. The van der Waals surface area contributed by atoms with Gasteiger partial charge >= 0.3 is 5.97 Å². The molecule has 0 spiro atoms. The van der Waals surface area contributed by atoms with Crippen LogP contribution in [0.25, 0.3) is 0 Å². The highest BCUT2D eigenvalue weighted by Gasteiger charge is 2.20. The summed E-state index contributed by atoms with van der Waals surface area (Å²) < 4.78 is 0. The fourth-order valence-corrected chi connectivity index (χ4v) is 1.29. The summed E-state index contributed by atoms with van der Waals surface area (Å²) in [5, 5.41) is 8.99. The molecule has 0 heterocycles. The maximum absolute atomic E-state index is 11.0. The third-order valence-electron chi connectivity index (χ3n) is 2.24. The Balaban J connectivity index is 4.29. The molecule has 5 nitrogen and oxygen atoms in total. The number of carboxylic acid groups (broad SMARTS) is 1. The molecule has 0 aliphatic rings. The lowest BCUT2D eigenvalue weighted by Crippen LogP contribution is -2.35. The fraction of sp³-hybridized carbons (Fsp3) is 0.636. The maximum Gasteiger partial charge on any atom is 0.326 e. The molecular weight excluding hydrogens is 208 g/mol. The summed E-state index contributed by atoms with van der Waals surface area (Å²) in [5.41, 5.74) is 4.99. The number of hydrogen-bond acceptors (Lipinski definition) is 3. The van der Waals surface area contributed by atoms with E-state index >= 15 is 0 Å². The maximum atomic E-state index is 11.0. The predicted octanol–water partition coefficient (Wildman–Crippen LogP) is 0.951. The lowest BCUT2D eigenvalue weighted by molar-refractivity contribution is -0.142. The van der Waals surface area contributed by atoms with Crippen LogP contribution in [0.4, 0.5) is 0 Å². The number of rotatable bonds is 8. The highest BCUT2D eigenvalue weighted by Crippen LogP contribution is 2.06. The molecule has 0 aromatic carbocycles. The number of likely N-dealkylation sites (N-methyl/N-ethyl adjacent to an activating group) is 1. The van der Waals surface area contributed by atoms with Crippen molar-refractivity contribution >= 4 is 11.9 Å². The van der Waals surface area contributed by atoms with Crippen molar-refractivity contribution in [1.29, 1.82) is 0 Å². The van der Waals surface area contributed by atoms with Crippen molar-refractivity contribution in [3.8, 4) is 0 Å². The summed E-state index contributed by atoms with van der Waals surface area (Å²) in [6, 6.07) is -0.694. The third-order valence-corrected chi connectivity index (χ3v) is 2.24. The van der Waals surface area contributed by atoms with E-state index in [0.29, 0.717) is 0 Å². The molecule has 0 aliphatic heterocycles. The van der Waals surface area contributed by atoms with Gasteiger partial charge in [0, 0.05) is 13.5 Å². The molecule has 3 N–H and O–H groups in total. The molecular formula is C11H20N2O3. The van der Waals surface area contributed by atoms with Crippen molar-refractivity contribution < 1.29 is 14.7 Å². The Bertz CT molecular complexity index is 264. The van der Waals surface area contributed by atoms with Gasteiger partial charge in [-0.3, -0.25) is 4.79 Å². The molecule has 0 radical (unpaired) electrons.